The van der Waals surface area contributed by atoms with Crippen LogP contribution in [0.1, 0.15) is 13.3 Å². The number of aromatic hydroxyl groups is 1. The van der Waals surface area contributed by atoms with Crippen LogP contribution in [0.2, 0.25) is 0 Å². The topological polar surface area (TPSA) is 86.0 Å². The summed E-state index contributed by atoms with van der Waals surface area (Å²) >= 11 is 0. The molecule has 4 aromatic rings. The average Bonchev–Trinajstić information content (AvgIpc) is 3.10. The molecular weight excluding hydrogens is 366 g/mol. The lowest BCUT2D eigenvalue weighted by molar-refractivity contribution is 0.412. The molecule has 144 valence electrons. The lowest BCUT2D eigenvalue weighted by Gasteiger charge is -2.13. The van der Waals surface area contributed by atoms with E-state index in [0.29, 0.717) is 29.1 Å². The Hall–Kier alpha value is -3.74. The molecular formula is C22H19N5O2. The molecule has 1 aliphatic rings. The van der Waals surface area contributed by atoms with E-state index in [0.717, 1.165) is 17.3 Å². The van der Waals surface area contributed by atoms with Gasteiger partial charge in [0.1, 0.15) is 5.75 Å². The van der Waals surface area contributed by atoms with Crippen LogP contribution >= 0.6 is 0 Å². The Morgan fingerprint density at radius 1 is 1.21 bits per heavy atom. The van der Waals surface area contributed by atoms with E-state index in [2.05, 4.69) is 45.2 Å². The number of hydrogen-bond acceptors (Lipinski definition) is 6. The minimum absolute atomic E-state index is 0.0696. The molecule has 0 amide bonds. The number of pyridine rings is 1. The summed E-state index contributed by atoms with van der Waals surface area (Å²) in [7, 11) is 0. The number of allylic oxidation sites excluding steroid dienone is 4. The summed E-state index contributed by atoms with van der Waals surface area (Å²) in [4.78, 5) is 12.4. The summed E-state index contributed by atoms with van der Waals surface area (Å²) in [6, 6.07) is 7.43. The van der Waals surface area contributed by atoms with Crippen molar-refractivity contribution in [2.24, 2.45) is 5.92 Å². The maximum Gasteiger partial charge on any atom is 0.325 e. The second kappa shape index (κ2) is 7.01. The molecule has 0 radical (unpaired) electrons. The number of benzene rings is 1. The molecule has 1 atom stereocenters. The molecule has 0 saturated carbocycles. The summed E-state index contributed by atoms with van der Waals surface area (Å²) in [5, 5.41) is 16.2. The molecule has 0 fully saturated rings. The van der Waals surface area contributed by atoms with Gasteiger partial charge in [-0.25, -0.2) is 0 Å². The Morgan fingerprint density at radius 2 is 2.14 bits per heavy atom. The lowest BCUT2D eigenvalue weighted by Crippen LogP contribution is -2.05. The maximum absolute atomic E-state index is 10.1. The van der Waals surface area contributed by atoms with Gasteiger partial charge in [0, 0.05) is 17.6 Å². The number of nitrogens with zero attached hydrogens (tertiary/aromatic N) is 5. The van der Waals surface area contributed by atoms with Crippen LogP contribution in [0, 0.1) is 5.92 Å². The highest BCUT2D eigenvalue weighted by Crippen LogP contribution is 2.28. The fourth-order valence-electron chi connectivity index (χ4n) is 3.54. The molecule has 0 aliphatic heterocycles. The number of fused-ring (bicyclic) bond motifs is 2. The summed E-state index contributed by atoms with van der Waals surface area (Å²) in [5.74, 6) is 0.982. The third-order valence-corrected chi connectivity index (χ3v) is 4.95. The van der Waals surface area contributed by atoms with Gasteiger partial charge in [0.25, 0.3) is 0 Å². The monoisotopic (exact) mass is 385 g/mol. The zero-order valence-electron chi connectivity index (χ0n) is 15.9. The lowest BCUT2D eigenvalue weighted by atomic mass is 9.98. The minimum atomic E-state index is -0.135. The molecule has 1 N–H and O–H groups in total. The second-order valence-electron chi connectivity index (χ2n) is 7.20. The minimum Gasteiger partial charge on any atom is -0.493 e. The average molecular weight is 385 g/mol. The Morgan fingerprint density at radius 3 is 3.03 bits per heavy atom. The van der Waals surface area contributed by atoms with Crippen molar-refractivity contribution in [3.63, 3.8) is 0 Å². The van der Waals surface area contributed by atoms with Crippen LogP contribution in [-0.2, 0) is 6.54 Å². The van der Waals surface area contributed by atoms with E-state index in [9.17, 15) is 5.11 Å². The first-order chi connectivity index (χ1) is 14.2. The molecule has 0 spiro atoms. The number of aromatic nitrogens is 5. The van der Waals surface area contributed by atoms with Gasteiger partial charge in [0.05, 0.1) is 35.4 Å². The van der Waals surface area contributed by atoms with E-state index in [1.54, 1.807) is 18.5 Å². The Balaban J connectivity index is 1.46. The van der Waals surface area contributed by atoms with Gasteiger partial charge in [-0.2, -0.15) is 15.1 Å². The molecule has 7 nitrogen and oxygen atoms in total. The highest BCUT2D eigenvalue weighted by atomic mass is 16.5. The molecule has 0 bridgehead atoms. The molecule has 1 unspecified atom stereocenters. The van der Waals surface area contributed by atoms with Crippen LogP contribution in [0.5, 0.6) is 17.6 Å². The van der Waals surface area contributed by atoms with Crippen molar-refractivity contribution in [2.75, 3.05) is 0 Å². The van der Waals surface area contributed by atoms with Crippen LogP contribution in [0.3, 0.4) is 0 Å². The Bertz CT molecular complexity index is 1270. The van der Waals surface area contributed by atoms with Crippen LogP contribution in [-0.4, -0.2) is 29.8 Å². The largest absolute Gasteiger partial charge is 0.493 e. The van der Waals surface area contributed by atoms with Gasteiger partial charge >= 0.3 is 6.01 Å². The number of hydrogen-bond donors (Lipinski definition) is 1. The number of rotatable bonds is 4. The van der Waals surface area contributed by atoms with Gasteiger partial charge in [-0.1, -0.05) is 25.2 Å². The van der Waals surface area contributed by atoms with Crippen LogP contribution in [0.15, 0.2) is 66.7 Å². The zero-order valence-corrected chi connectivity index (χ0v) is 15.9. The molecule has 3 aromatic heterocycles. The third kappa shape index (κ3) is 3.42. The van der Waals surface area contributed by atoms with Gasteiger partial charge in [-0.05, 0) is 36.1 Å². The van der Waals surface area contributed by atoms with E-state index < -0.39 is 0 Å². The summed E-state index contributed by atoms with van der Waals surface area (Å²) in [6.45, 7) is 2.91. The van der Waals surface area contributed by atoms with Crippen molar-refractivity contribution in [2.45, 2.75) is 19.9 Å². The fraction of sp³-hybridized carbons (Fsp3) is 0.182. The smallest absolute Gasteiger partial charge is 0.325 e. The van der Waals surface area contributed by atoms with Crippen molar-refractivity contribution in [1.82, 2.24) is 24.7 Å². The third-order valence-electron chi connectivity index (χ3n) is 4.95. The van der Waals surface area contributed by atoms with Crippen molar-refractivity contribution in [3.05, 3.63) is 66.7 Å². The van der Waals surface area contributed by atoms with Gasteiger partial charge in [0.15, 0.2) is 0 Å². The van der Waals surface area contributed by atoms with Crippen LogP contribution in [0.25, 0.3) is 21.8 Å². The van der Waals surface area contributed by atoms with E-state index >= 15 is 0 Å². The highest BCUT2D eigenvalue weighted by Gasteiger charge is 2.12. The van der Waals surface area contributed by atoms with E-state index in [4.69, 9.17) is 4.74 Å². The first-order valence-corrected chi connectivity index (χ1v) is 9.47. The molecule has 0 saturated heterocycles. The Kier molecular flexibility index (Phi) is 4.20. The summed E-state index contributed by atoms with van der Waals surface area (Å²) in [5.41, 5.74) is 2.73. The molecule has 7 heteroatoms. The molecule has 1 aliphatic carbocycles. The first-order valence-electron chi connectivity index (χ1n) is 9.47. The van der Waals surface area contributed by atoms with Crippen molar-refractivity contribution in [3.8, 4) is 17.6 Å². The predicted octanol–water partition coefficient (Wildman–Crippen LogP) is 4.39. The molecule has 1 aromatic carbocycles. The normalized spacial score (nSPS) is 16.3. The second-order valence-corrected chi connectivity index (χ2v) is 7.20. The molecule has 5 rings (SSSR count). The SMILES string of the molecule is CC1C=C(Cn2ncc3ccc(Oc4nc(O)c5ccncc5n4)cc32)C=CC1. The van der Waals surface area contributed by atoms with Gasteiger partial charge in [0.2, 0.25) is 5.88 Å². The van der Waals surface area contributed by atoms with Crippen molar-refractivity contribution < 1.29 is 9.84 Å². The van der Waals surface area contributed by atoms with E-state index in [-0.39, 0.29) is 11.9 Å². The van der Waals surface area contributed by atoms with Crippen molar-refractivity contribution >= 4 is 21.8 Å². The molecule has 29 heavy (non-hydrogen) atoms. The van der Waals surface area contributed by atoms with Gasteiger partial charge < -0.3 is 9.84 Å². The summed E-state index contributed by atoms with van der Waals surface area (Å²) in [6.07, 6.45) is 12.7. The highest BCUT2D eigenvalue weighted by molar-refractivity contribution is 5.82. The van der Waals surface area contributed by atoms with Gasteiger partial charge in [-0.15, -0.1) is 0 Å². The van der Waals surface area contributed by atoms with Gasteiger partial charge in [-0.3, -0.25) is 9.67 Å². The van der Waals surface area contributed by atoms with Crippen LogP contribution < -0.4 is 4.74 Å². The quantitative estimate of drug-likeness (QED) is 0.560. The fourth-order valence-corrected chi connectivity index (χ4v) is 3.54. The van der Waals surface area contributed by atoms with Crippen LogP contribution in [0.4, 0.5) is 0 Å². The Labute approximate surface area is 167 Å². The number of ether oxygens (including phenoxy) is 1. The standard InChI is InChI=1S/C22H19N5O2/c1-14-3-2-4-15(9-14)13-27-20-10-17(6-5-16(20)11-24-27)29-22-25-19-12-23-8-7-18(19)21(28)26-22/h2,4-12,14H,3,13H2,1H3,(H,25,26,28). The van der Waals surface area contributed by atoms with E-state index in [1.807, 2.05) is 29.1 Å². The van der Waals surface area contributed by atoms with Crippen molar-refractivity contribution in [1.29, 1.82) is 0 Å². The van der Waals surface area contributed by atoms with E-state index in [1.165, 1.54) is 5.57 Å². The zero-order chi connectivity index (χ0) is 19.8. The first kappa shape index (κ1) is 17.4. The maximum atomic E-state index is 10.1. The summed E-state index contributed by atoms with van der Waals surface area (Å²) < 4.78 is 7.78. The predicted molar refractivity (Wildman–Crippen MR) is 110 cm³/mol. The molecule has 3 heterocycles.